The molecule has 1 atom stereocenters. The number of hydrogen-bond donors (Lipinski definition) is 1. The number of aromatic nitrogens is 4. The molecule has 0 saturated heterocycles. The van der Waals surface area contributed by atoms with E-state index in [1.807, 2.05) is 31.2 Å². The van der Waals surface area contributed by atoms with Crippen LogP contribution in [0.3, 0.4) is 0 Å². The molecule has 2 aromatic rings. The van der Waals surface area contributed by atoms with Gasteiger partial charge in [0.2, 0.25) is 0 Å². The van der Waals surface area contributed by atoms with Gasteiger partial charge in [-0.1, -0.05) is 24.3 Å². The van der Waals surface area contributed by atoms with Crippen LogP contribution in [0.25, 0.3) is 0 Å². The second-order valence-corrected chi connectivity index (χ2v) is 4.15. The van der Waals surface area contributed by atoms with Gasteiger partial charge in [0.05, 0.1) is 13.0 Å². The lowest BCUT2D eigenvalue weighted by molar-refractivity contribution is -0.138. The first-order valence-electron chi connectivity index (χ1n) is 5.59. The summed E-state index contributed by atoms with van der Waals surface area (Å²) in [6.07, 6.45) is 0.244. The number of rotatable bonds is 4. The Labute approximate surface area is 104 Å². The first kappa shape index (κ1) is 12.2. The third kappa shape index (κ3) is 2.53. The molecule has 0 fully saturated rings. The number of aliphatic carboxylic acids is 1. The third-order valence-corrected chi connectivity index (χ3v) is 2.80. The summed E-state index contributed by atoms with van der Waals surface area (Å²) in [4.78, 5) is 12.7. The molecule has 0 radical (unpaired) electrons. The molecule has 1 heterocycles. The van der Waals surface area contributed by atoms with Crippen molar-refractivity contribution in [2.45, 2.75) is 19.3 Å². The fraction of sp³-hybridized carbons (Fsp3) is 0.333. The third-order valence-electron chi connectivity index (χ3n) is 2.80. The SMILES string of the molecule is Cc1ccccc1C(Cc1nnn(C)n1)C(=O)O. The fourth-order valence-corrected chi connectivity index (χ4v) is 1.90. The minimum atomic E-state index is -0.878. The number of aryl methyl sites for hydroxylation is 2. The molecule has 0 aliphatic rings. The van der Waals surface area contributed by atoms with Crippen LogP contribution in [0, 0.1) is 6.92 Å². The molecule has 1 aromatic carbocycles. The van der Waals surface area contributed by atoms with Crippen molar-refractivity contribution in [1.29, 1.82) is 0 Å². The molecule has 18 heavy (non-hydrogen) atoms. The van der Waals surface area contributed by atoms with E-state index in [0.717, 1.165) is 11.1 Å². The van der Waals surface area contributed by atoms with Crippen LogP contribution in [-0.4, -0.2) is 31.3 Å². The van der Waals surface area contributed by atoms with Crippen molar-refractivity contribution >= 4 is 5.97 Å². The molecule has 0 aliphatic heterocycles. The molecule has 0 bridgehead atoms. The highest BCUT2D eigenvalue weighted by molar-refractivity contribution is 5.76. The first-order valence-corrected chi connectivity index (χ1v) is 5.59. The number of benzene rings is 1. The predicted molar refractivity (Wildman–Crippen MR) is 64.1 cm³/mol. The van der Waals surface area contributed by atoms with E-state index < -0.39 is 11.9 Å². The second kappa shape index (κ2) is 4.95. The standard InChI is InChI=1S/C12H14N4O2/c1-8-5-3-4-6-9(8)10(12(17)18)7-11-13-15-16(2)14-11/h3-6,10H,7H2,1-2H3,(H,17,18). The molecule has 1 aromatic heterocycles. The minimum absolute atomic E-state index is 0.244. The molecule has 6 heteroatoms. The van der Waals surface area contributed by atoms with Crippen LogP contribution in [0.15, 0.2) is 24.3 Å². The molecule has 1 unspecified atom stereocenters. The highest BCUT2D eigenvalue weighted by Crippen LogP contribution is 2.22. The Balaban J connectivity index is 2.30. The van der Waals surface area contributed by atoms with E-state index in [2.05, 4.69) is 15.4 Å². The fourth-order valence-electron chi connectivity index (χ4n) is 1.90. The summed E-state index contributed by atoms with van der Waals surface area (Å²) >= 11 is 0. The minimum Gasteiger partial charge on any atom is -0.481 e. The Morgan fingerprint density at radius 1 is 1.44 bits per heavy atom. The van der Waals surface area contributed by atoms with Gasteiger partial charge in [0, 0.05) is 6.42 Å². The monoisotopic (exact) mass is 246 g/mol. The molecule has 1 N–H and O–H groups in total. The molecule has 94 valence electrons. The van der Waals surface area contributed by atoms with Gasteiger partial charge in [-0.2, -0.15) is 4.80 Å². The van der Waals surface area contributed by atoms with Crippen LogP contribution in [0.1, 0.15) is 22.9 Å². The van der Waals surface area contributed by atoms with Crippen LogP contribution in [-0.2, 0) is 18.3 Å². The summed E-state index contributed by atoms with van der Waals surface area (Å²) in [6, 6.07) is 7.44. The summed E-state index contributed by atoms with van der Waals surface area (Å²) in [5.74, 6) is -1.08. The Kier molecular flexibility index (Phi) is 3.36. The molecule has 0 aliphatic carbocycles. The number of carboxylic acid groups (broad SMARTS) is 1. The van der Waals surface area contributed by atoms with Gasteiger partial charge < -0.3 is 5.11 Å². The van der Waals surface area contributed by atoms with E-state index in [9.17, 15) is 9.90 Å². The summed E-state index contributed by atoms with van der Waals surface area (Å²) in [6.45, 7) is 1.90. The smallest absolute Gasteiger partial charge is 0.311 e. The maximum absolute atomic E-state index is 11.4. The van der Waals surface area contributed by atoms with Gasteiger partial charge in [0.15, 0.2) is 5.82 Å². The molecule has 2 rings (SSSR count). The highest BCUT2D eigenvalue weighted by atomic mass is 16.4. The molecule has 0 spiro atoms. The predicted octanol–water partition coefficient (Wildman–Crippen LogP) is 0.929. The van der Waals surface area contributed by atoms with E-state index in [-0.39, 0.29) is 6.42 Å². The number of nitrogens with zero attached hydrogens (tertiary/aromatic N) is 4. The molecular formula is C12H14N4O2. The topological polar surface area (TPSA) is 80.9 Å². The van der Waals surface area contributed by atoms with E-state index in [4.69, 9.17) is 0 Å². The molecule has 0 saturated carbocycles. The number of carbonyl (C=O) groups is 1. The molecule has 0 amide bonds. The van der Waals surface area contributed by atoms with Gasteiger partial charge in [-0.25, -0.2) is 0 Å². The lowest BCUT2D eigenvalue weighted by Crippen LogP contribution is -2.16. The van der Waals surface area contributed by atoms with Gasteiger partial charge in [0.25, 0.3) is 0 Å². The van der Waals surface area contributed by atoms with Crippen molar-refractivity contribution in [3.63, 3.8) is 0 Å². The quantitative estimate of drug-likeness (QED) is 0.867. The summed E-state index contributed by atoms with van der Waals surface area (Å²) in [5.41, 5.74) is 1.74. The van der Waals surface area contributed by atoms with Gasteiger partial charge in [-0.15, -0.1) is 10.2 Å². The zero-order chi connectivity index (χ0) is 13.1. The van der Waals surface area contributed by atoms with E-state index >= 15 is 0 Å². The maximum atomic E-state index is 11.4. The van der Waals surface area contributed by atoms with Crippen LogP contribution < -0.4 is 0 Å². The zero-order valence-electron chi connectivity index (χ0n) is 10.2. The van der Waals surface area contributed by atoms with Gasteiger partial charge in [0.1, 0.15) is 0 Å². The highest BCUT2D eigenvalue weighted by Gasteiger charge is 2.23. The number of hydrogen-bond acceptors (Lipinski definition) is 4. The van der Waals surface area contributed by atoms with E-state index in [0.29, 0.717) is 5.82 Å². The summed E-state index contributed by atoms with van der Waals surface area (Å²) in [5, 5.41) is 20.9. The van der Waals surface area contributed by atoms with Crippen molar-refractivity contribution in [2.75, 3.05) is 0 Å². The van der Waals surface area contributed by atoms with Crippen molar-refractivity contribution in [2.24, 2.45) is 7.05 Å². The van der Waals surface area contributed by atoms with Crippen LogP contribution >= 0.6 is 0 Å². The largest absolute Gasteiger partial charge is 0.481 e. The number of tetrazole rings is 1. The zero-order valence-corrected chi connectivity index (χ0v) is 10.2. The van der Waals surface area contributed by atoms with Crippen LogP contribution in [0.5, 0.6) is 0 Å². The Morgan fingerprint density at radius 2 is 2.17 bits per heavy atom. The van der Waals surface area contributed by atoms with Gasteiger partial charge >= 0.3 is 5.97 Å². The van der Waals surface area contributed by atoms with E-state index in [1.165, 1.54) is 4.80 Å². The summed E-state index contributed by atoms with van der Waals surface area (Å²) < 4.78 is 0. The van der Waals surface area contributed by atoms with Crippen LogP contribution in [0.2, 0.25) is 0 Å². The second-order valence-electron chi connectivity index (χ2n) is 4.15. The Morgan fingerprint density at radius 3 is 2.72 bits per heavy atom. The van der Waals surface area contributed by atoms with E-state index in [1.54, 1.807) is 7.05 Å². The normalized spacial score (nSPS) is 12.3. The lowest BCUT2D eigenvalue weighted by Gasteiger charge is -2.13. The Hall–Kier alpha value is -2.24. The van der Waals surface area contributed by atoms with Gasteiger partial charge in [-0.05, 0) is 23.3 Å². The Bertz CT molecular complexity index is 565. The molecular weight excluding hydrogens is 232 g/mol. The van der Waals surface area contributed by atoms with Crippen LogP contribution in [0.4, 0.5) is 0 Å². The average Bonchev–Trinajstić information content (AvgIpc) is 2.73. The maximum Gasteiger partial charge on any atom is 0.311 e. The number of carboxylic acids is 1. The average molecular weight is 246 g/mol. The summed E-state index contributed by atoms with van der Waals surface area (Å²) in [7, 11) is 1.65. The first-order chi connectivity index (χ1) is 8.58. The molecule has 6 nitrogen and oxygen atoms in total. The lowest BCUT2D eigenvalue weighted by atomic mass is 9.92. The van der Waals surface area contributed by atoms with Crippen molar-refractivity contribution in [3.8, 4) is 0 Å². The van der Waals surface area contributed by atoms with Crippen molar-refractivity contribution < 1.29 is 9.90 Å². The van der Waals surface area contributed by atoms with Gasteiger partial charge in [-0.3, -0.25) is 4.79 Å². The van der Waals surface area contributed by atoms with Crippen molar-refractivity contribution in [3.05, 3.63) is 41.2 Å². The van der Waals surface area contributed by atoms with Crippen molar-refractivity contribution in [1.82, 2.24) is 20.2 Å².